The van der Waals surface area contributed by atoms with Gasteiger partial charge in [0.2, 0.25) is 0 Å². The van der Waals surface area contributed by atoms with Crippen LogP contribution in [-0.2, 0) is 5.41 Å². The van der Waals surface area contributed by atoms with Gasteiger partial charge in [0.15, 0.2) is 0 Å². The smallest absolute Gasteiger partial charge is 0.0874 e. The fourth-order valence-electron chi connectivity index (χ4n) is 2.82. The molecule has 0 saturated heterocycles. The first-order valence-electron chi connectivity index (χ1n) is 6.10. The molecule has 3 nitrogen and oxygen atoms in total. The van der Waals surface area contributed by atoms with E-state index in [0.29, 0.717) is 0 Å². The van der Waals surface area contributed by atoms with Crippen molar-refractivity contribution in [2.75, 3.05) is 7.05 Å². The molecule has 0 amide bonds. The summed E-state index contributed by atoms with van der Waals surface area (Å²) in [6.07, 6.45) is 8.08. The van der Waals surface area contributed by atoms with E-state index in [0.717, 1.165) is 23.4 Å². The Bertz CT molecular complexity index is 393. The van der Waals surface area contributed by atoms with E-state index in [2.05, 4.69) is 16.4 Å². The molecular formula is C13H19N3S. The predicted octanol–water partition coefficient (Wildman–Crippen LogP) is 1.77. The van der Waals surface area contributed by atoms with Crippen molar-refractivity contribution < 1.29 is 0 Å². The molecule has 1 aromatic rings. The highest BCUT2D eigenvalue weighted by Crippen LogP contribution is 2.39. The summed E-state index contributed by atoms with van der Waals surface area (Å²) in [5.74, 6) is 0. The molecule has 1 heterocycles. The second-order valence-corrected chi connectivity index (χ2v) is 5.05. The van der Waals surface area contributed by atoms with Gasteiger partial charge in [0, 0.05) is 25.5 Å². The Morgan fingerprint density at radius 1 is 1.59 bits per heavy atom. The Balaban J connectivity index is 2.46. The Hall–Kier alpha value is -1.00. The van der Waals surface area contributed by atoms with Gasteiger partial charge in [-0.15, -0.1) is 0 Å². The zero-order valence-electron chi connectivity index (χ0n) is 10.1. The van der Waals surface area contributed by atoms with Crippen molar-refractivity contribution in [2.24, 2.45) is 5.73 Å². The summed E-state index contributed by atoms with van der Waals surface area (Å²) in [7, 11) is 1.88. The van der Waals surface area contributed by atoms with Gasteiger partial charge in [-0.05, 0) is 24.5 Å². The fraction of sp³-hybridized carbons (Fsp3) is 0.538. The summed E-state index contributed by atoms with van der Waals surface area (Å²) >= 11 is 5.53. The van der Waals surface area contributed by atoms with E-state index in [1.54, 1.807) is 6.20 Å². The molecule has 1 aliphatic rings. The van der Waals surface area contributed by atoms with Gasteiger partial charge in [-0.25, -0.2) is 0 Å². The molecule has 4 heteroatoms. The minimum absolute atomic E-state index is 0.0837. The van der Waals surface area contributed by atoms with Crippen LogP contribution >= 0.6 is 12.2 Å². The molecule has 2 rings (SSSR count). The molecule has 1 fully saturated rings. The highest BCUT2D eigenvalue weighted by atomic mass is 32.1. The number of hydrogen-bond donors (Lipinski definition) is 2. The van der Waals surface area contributed by atoms with Crippen molar-refractivity contribution in [3.63, 3.8) is 0 Å². The molecule has 0 radical (unpaired) electrons. The molecule has 0 unspecified atom stereocenters. The van der Waals surface area contributed by atoms with Crippen LogP contribution in [0.1, 0.15) is 31.2 Å². The van der Waals surface area contributed by atoms with Gasteiger partial charge in [0.1, 0.15) is 0 Å². The van der Waals surface area contributed by atoms with Crippen LogP contribution in [0, 0.1) is 0 Å². The van der Waals surface area contributed by atoms with Crippen LogP contribution in [0.5, 0.6) is 0 Å². The maximum atomic E-state index is 6.37. The van der Waals surface area contributed by atoms with E-state index in [1.165, 1.54) is 12.8 Å². The van der Waals surface area contributed by atoms with Crippen LogP contribution in [0.25, 0.3) is 0 Å². The second kappa shape index (κ2) is 5.10. The first kappa shape index (κ1) is 12.5. The molecule has 0 aliphatic heterocycles. The van der Waals surface area contributed by atoms with Crippen LogP contribution in [0.4, 0.5) is 0 Å². The number of pyridine rings is 1. The van der Waals surface area contributed by atoms with E-state index >= 15 is 0 Å². The Kier molecular flexibility index (Phi) is 3.74. The number of aromatic nitrogens is 1. The van der Waals surface area contributed by atoms with E-state index in [9.17, 15) is 0 Å². The van der Waals surface area contributed by atoms with Gasteiger partial charge in [-0.1, -0.05) is 31.1 Å². The Morgan fingerprint density at radius 3 is 3.00 bits per heavy atom. The van der Waals surface area contributed by atoms with Crippen LogP contribution in [-0.4, -0.2) is 23.1 Å². The summed E-state index contributed by atoms with van der Waals surface area (Å²) in [4.78, 5) is 5.06. The number of nitrogens with zero attached hydrogens (tertiary/aromatic N) is 1. The van der Waals surface area contributed by atoms with Crippen molar-refractivity contribution in [1.82, 2.24) is 10.3 Å². The summed E-state index contributed by atoms with van der Waals surface area (Å²) in [5, 5.41) is 3.13. The van der Waals surface area contributed by atoms with Gasteiger partial charge >= 0.3 is 0 Å². The van der Waals surface area contributed by atoms with E-state index in [-0.39, 0.29) is 11.5 Å². The maximum absolute atomic E-state index is 6.37. The van der Waals surface area contributed by atoms with E-state index in [4.69, 9.17) is 18.0 Å². The number of likely N-dealkylation sites (N-methyl/N-ethyl adjacent to an activating group) is 1. The first-order chi connectivity index (χ1) is 8.21. The number of nitrogens with one attached hydrogen (secondary N) is 1. The SMILES string of the molecule is CNC(=S)[C@@]1(c2cccnc2)CCCC[C@@H]1N. The lowest BCUT2D eigenvalue weighted by Crippen LogP contribution is -2.56. The molecule has 1 saturated carbocycles. The molecule has 17 heavy (non-hydrogen) atoms. The summed E-state index contributed by atoms with van der Waals surface area (Å²) in [6, 6.07) is 4.12. The number of nitrogens with two attached hydrogens (primary N) is 1. The van der Waals surface area contributed by atoms with Gasteiger partial charge in [0.25, 0.3) is 0 Å². The van der Waals surface area contributed by atoms with Crippen LogP contribution in [0.3, 0.4) is 0 Å². The zero-order chi connectivity index (χ0) is 12.3. The molecule has 1 aromatic heterocycles. The minimum atomic E-state index is -0.226. The quantitative estimate of drug-likeness (QED) is 0.784. The third-order valence-corrected chi connectivity index (χ3v) is 4.35. The maximum Gasteiger partial charge on any atom is 0.0874 e. The number of rotatable bonds is 2. The Morgan fingerprint density at radius 2 is 2.41 bits per heavy atom. The van der Waals surface area contributed by atoms with Crippen molar-refractivity contribution in [3.05, 3.63) is 30.1 Å². The average Bonchev–Trinajstić information content (AvgIpc) is 2.39. The van der Waals surface area contributed by atoms with E-state index in [1.807, 2.05) is 19.3 Å². The standard InChI is InChI=1S/C13H19N3S/c1-15-12(17)13(7-3-2-6-11(13)14)10-5-4-8-16-9-10/h4-5,8-9,11H,2-3,6-7,14H2,1H3,(H,15,17)/t11-,13+/m0/s1. The highest BCUT2D eigenvalue weighted by molar-refractivity contribution is 7.80. The van der Waals surface area contributed by atoms with Crippen LogP contribution < -0.4 is 11.1 Å². The first-order valence-corrected chi connectivity index (χ1v) is 6.51. The molecule has 2 atom stereocenters. The summed E-state index contributed by atoms with van der Waals surface area (Å²) in [6.45, 7) is 0. The molecular weight excluding hydrogens is 230 g/mol. The van der Waals surface area contributed by atoms with E-state index < -0.39 is 0 Å². The normalized spacial score (nSPS) is 28.7. The monoisotopic (exact) mass is 249 g/mol. The van der Waals surface area contributed by atoms with Crippen molar-refractivity contribution in [3.8, 4) is 0 Å². The third kappa shape index (κ3) is 2.07. The third-order valence-electron chi connectivity index (χ3n) is 3.78. The average molecular weight is 249 g/mol. The molecule has 1 aliphatic carbocycles. The predicted molar refractivity (Wildman–Crippen MR) is 74.0 cm³/mol. The largest absolute Gasteiger partial charge is 0.382 e. The van der Waals surface area contributed by atoms with Crippen molar-refractivity contribution >= 4 is 17.2 Å². The van der Waals surface area contributed by atoms with Gasteiger partial charge in [-0.3, -0.25) is 4.98 Å². The molecule has 0 bridgehead atoms. The van der Waals surface area contributed by atoms with Crippen LogP contribution in [0.15, 0.2) is 24.5 Å². The van der Waals surface area contributed by atoms with Crippen LogP contribution in [0.2, 0.25) is 0 Å². The summed E-state index contributed by atoms with van der Waals surface area (Å²) in [5.41, 5.74) is 7.29. The topological polar surface area (TPSA) is 50.9 Å². The lowest BCUT2D eigenvalue weighted by atomic mass is 9.66. The van der Waals surface area contributed by atoms with Crippen molar-refractivity contribution in [1.29, 1.82) is 0 Å². The lowest BCUT2D eigenvalue weighted by molar-refractivity contribution is 0.325. The molecule has 0 spiro atoms. The number of thiocarbonyl (C=S) groups is 1. The Labute approximate surface area is 108 Å². The fourth-order valence-corrected chi connectivity index (χ4v) is 3.19. The second-order valence-electron chi connectivity index (χ2n) is 4.64. The van der Waals surface area contributed by atoms with Crippen molar-refractivity contribution in [2.45, 2.75) is 37.1 Å². The zero-order valence-corrected chi connectivity index (χ0v) is 11.0. The molecule has 92 valence electrons. The highest BCUT2D eigenvalue weighted by Gasteiger charge is 2.43. The lowest BCUT2D eigenvalue weighted by Gasteiger charge is -2.43. The van der Waals surface area contributed by atoms with Gasteiger partial charge in [0.05, 0.1) is 10.4 Å². The molecule has 0 aromatic carbocycles. The van der Waals surface area contributed by atoms with Gasteiger partial charge < -0.3 is 11.1 Å². The summed E-state index contributed by atoms with van der Waals surface area (Å²) < 4.78 is 0. The molecule has 3 N–H and O–H groups in total. The number of hydrogen-bond acceptors (Lipinski definition) is 3. The van der Waals surface area contributed by atoms with Gasteiger partial charge in [-0.2, -0.15) is 0 Å². The minimum Gasteiger partial charge on any atom is -0.382 e.